The summed E-state index contributed by atoms with van der Waals surface area (Å²) in [6.45, 7) is -0.224. The molecule has 0 amide bonds. The lowest BCUT2D eigenvalue weighted by Gasteiger charge is -2.17. The molecule has 1 aliphatic carbocycles. The molecule has 5 rings (SSSR count). The number of aromatic nitrogens is 3. The topological polar surface area (TPSA) is 139 Å². The van der Waals surface area contributed by atoms with Crippen LogP contribution in [0.2, 0.25) is 0 Å². The highest BCUT2D eigenvalue weighted by atomic mass is 32.2. The van der Waals surface area contributed by atoms with E-state index in [1.165, 1.54) is 11.1 Å². The molecule has 10 nitrogen and oxygen atoms in total. The maximum Gasteiger partial charge on any atom is 0.333 e. The Kier molecular flexibility index (Phi) is 5.15. The normalized spacial score (nSPS) is 25.7. The van der Waals surface area contributed by atoms with E-state index in [0.29, 0.717) is 11.6 Å². The Bertz CT molecular complexity index is 1210. The van der Waals surface area contributed by atoms with Crippen molar-refractivity contribution in [2.45, 2.75) is 43.7 Å². The number of anilines is 1. The molecule has 1 aromatic carbocycles. The molecular weight excluding hydrogens is 422 g/mol. The summed E-state index contributed by atoms with van der Waals surface area (Å²) in [5.41, 5.74) is 3.25. The molecule has 31 heavy (non-hydrogen) atoms. The first-order chi connectivity index (χ1) is 14.9. The summed E-state index contributed by atoms with van der Waals surface area (Å²) in [5.74, 6) is 0.511. The third-order valence-corrected chi connectivity index (χ3v) is 6.40. The number of nitrogens with one attached hydrogen (secondary N) is 2. The predicted molar refractivity (Wildman–Crippen MR) is 113 cm³/mol. The number of rotatable bonds is 6. The molecule has 0 unspecified atom stereocenters. The fourth-order valence-electron chi connectivity index (χ4n) is 4.36. The number of aliphatic hydroxyl groups is 1. The number of fused-ring (bicyclic) bond motifs is 2. The SMILES string of the molecule is O=S(=O)(O)NC[C@@H]1O[C@@H](n2ccc3cnc(N[C@H]4CCc5ccccc54)nc32)C[C@@H]1O. The lowest BCUT2D eigenvalue weighted by atomic mass is 10.1. The van der Waals surface area contributed by atoms with E-state index in [4.69, 9.17) is 9.29 Å². The molecule has 4 N–H and O–H groups in total. The number of nitrogens with zero attached hydrogens (tertiary/aromatic N) is 3. The van der Waals surface area contributed by atoms with Crippen LogP contribution in [-0.2, 0) is 21.5 Å². The summed E-state index contributed by atoms with van der Waals surface area (Å²) in [5, 5.41) is 14.5. The van der Waals surface area contributed by atoms with Crippen LogP contribution in [0, 0.1) is 0 Å². The van der Waals surface area contributed by atoms with Crippen LogP contribution in [0.25, 0.3) is 11.0 Å². The molecule has 0 bridgehead atoms. The molecule has 0 saturated carbocycles. The van der Waals surface area contributed by atoms with Crippen LogP contribution in [0.1, 0.15) is 36.2 Å². The van der Waals surface area contributed by atoms with Gasteiger partial charge in [-0.15, -0.1) is 0 Å². The van der Waals surface area contributed by atoms with Crippen molar-refractivity contribution in [1.82, 2.24) is 19.3 Å². The van der Waals surface area contributed by atoms with Gasteiger partial charge in [0.2, 0.25) is 5.95 Å². The van der Waals surface area contributed by atoms with Gasteiger partial charge in [0.25, 0.3) is 0 Å². The Morgan fingerprint density at radius 3 is 2.94 bits per heavy atom. The molecular formula is C20H23N5O5S. The highest BCUT2D eigenvalue weighted by Crippen LogP contribution is 2.34. The molecule has 2 aromatic heterocycles. The van der Waals surface area contributed by atoms with Gasteiger partial charge in [-0.25, -0.2) is 4.98 Å². The Morgan fingerprint density at radius 2 is 2.10 bits per heavy atom. The van der Waals surface area contributed by atoms with Gasteiger partial charge in [-0.05, 0) is 30.0 Å². The van der Waals surface area contributed by atoms with Gasteiger partial charge in [0.1, 0.15) is 11.9 Å². The van der Waals surface area contributed by atoms with Crippen molar-refractivity contribution in [3.8, 4) is 0 Å². The number of hydrogen-bond donors (Lipinski definition) is 4. The van der Waals surface area contributed by atoms with E-state index in [1.807, 2.05) is 29.1 Å². The maximum absolute atomic E-state index is 10.9. The minimum Gasteiger partial charge on any atom is -0.390 e. The Balaban J connectivity index is 1.35. The third-order valence-electron chi connectivity index (χ3n) is 5.87. The first-order valence-electron chi connectivity index (χ1n) is 10.1. The summed E-state index contributed by atoms with van der Waals surface area (Å²) in [6.07, 6.45) is 3.63. The Hall–Kier alpha value is -2.57. The first-order valence-corrected chi connectivity index (χ1v) is 11.5. The number of hydrogen-bond acceptors (Lipinski definition) is 7. The fourth-order valence-corrected chi connectivity index (χ4v) is 4.73. The lowest BCUT2D eigenvalue weighted by molar-refractivity contribution is -0.0132. The number of aliphatic hydroxyl groups excluding tert-OH is 1. The zero-order chi connectivity index (χ0) is 21.6. The van der Waals surface area contributed by atoms with Gasteiger partial charge in [0.05, 0.1) is 18.2 Å². The van der Waals surface area contributed by atoms with E-state index in [0.717, 1.165) is 18.2 Å². The van der Waals surface area contributed by atoms with Crippen LogP contribution in [-0.4, -0.2) is 51.4 Å². The smallest absolute Gasteiger partial charge is 0.333 e. The van der Waals surface area contributed by atoms with Crippen LogP contribution in [0.5, 0.6) is 0 Å². The molecule has 1 saturated heterocycles. The van der Waals surface area contributed by atoms with Gasteiger partial charge in [0, 0.05) is 30.7 Å². The average molecular weight is 446 g/mol. The van der Waals surface area contributed by atoms with Crippen molar-refractivity contribution in [2.75, 3.05) is 11.9 Å². The summed E-state index contributed by atoms with van der Waals surface area (Å²) >= 11 is 0. The van der Waals surface area contributed by atoms with Crippen molar-refractivity contribution < 1.29 is 22.8 Å². The van der Waals surface area contributed by atoms with Crippen molar-refractivity contribution >= 4 is 27.3 Å². The molecule has 1 aliphatic heterocycles. The average Bonchev–Trinajstić information content (AvgIpc) is 3.43. The molecule has 3 aromatic rings. The molecule has 4 atom stereocenters. The fraction of sp³-hybridized carbons (Fsp3) is 0.400. The Labute approximate surface area is 179 Å². The van der Waals surface area contributed by atoms with E-state index in [2.05, 4.69) is 27.4 Å². The van der Waals surface area contributed by atoms with Crippen LogP contribution >= 0.6 is 0 Å². The van der Waals surface area contributed by atoms with E-state index < -0.39 is 28.7 Å². The second-order valence-electron chi connectivity index (χ2n) is 7.89. The second kappa shape index (κ2) is 7.84. The van der Waals surface area contributed by atoms with Crippen LogP contribution in [0.4, 0.5) is 5.95 Å². The van der Waals surface area contributed by atoms with Gasteiger partial charge in [-0.2, -0.15) is 18.1 Å². The molecule has 3 heterocycles. The van der Waals surface area contributed by atoms with Gasteiger partial charge in [-0.3, -0.25) is 4.55 Å². The number of benzene rings is 1. The van der Waals surface area contributed by atoms with E-state index in [1.54, 1.807) is 10.8 Å². The van der Waals surface area contributed by atoms with Crippen LogP contribution < -0.4 is 10.0 Å². The van der Waals surface area contributed by atoms with Gasteiger partial charge in [0.15, 0.2) is 0 Å². The minimum absolute atomic E-state index is 0.150. The Morgan fingerprint density at radius 1 is 1.26 bits per heavy atom. The summed E-state index contributed by atoms with van der Waals surface area (Å²) in [6, 6.07) is 10.4. The van der Waals surface area contributed by atoms with Gasteiger partial charge in [-0.1, -0.05) is 24.3 Å². The second-order valence-corrected chi connectivity index (χ2v) is 9.12. The van der Waals surface area contributed by atoms with E-state index >= 15 is 0 Å². The van der Waals surface area contributed by atoms with E-state index in [-0.39, 0.29) is 19.0 Å². The summed E-state index contributed by atoms with van der Waals surface area (Å²) < 4.78 is 40.3. The van der Waals surface area contributed by atoms with Crippen LogP contribution in [0.15, 0.2) is 42.7 Å². The molecule has 0 spiro atoms. The minimum atomic E-state index is -4.36. The zero-order valence-corrected chi connectivity index (χ0v) is 17.4. The van der Waals surface area contributed by atoms with Crippen molar-refractivity contribution in [2.24, 2.45) is 0 Å². The van der Waals surface area contributed by atoms with E-state index in [9.17, 15) is 13.5 Å². The molecule has 164 valence electrons. The third kappa shape index (κ3) is 4.14. The highest BCUT2D eigenvalue weighted by Gasteiger charge is 2.36. The van der Waals surface area contributed by atoms with Crippen molar-refractivity contribution in [3.05, 3.63) is 53.9 Å². The first kappa shape index (κ1) is 20.3. The predicted octanol–water partition coefficient (Wildman–Crippen LogP) is 1.57. The summed E-state index contributed by atoms with van der Waals surface area (Å²) in [7, 11) is -4.36. The standard InChI is InChI=1S/C20H23N5O5S/c26-16-9-18(30-17(16)11-22-31(27,28)29)25-8-7-13-10-21-20(24-19(13)25)23-15-6-5-12-3-1-2-4-14(12)15/h1-4,7-8,10,15-18,22,26H,5-6,9,11H2,(H,21,23,24)(H,27,28,29)/t15-,16-,17-,18+/m0/s1. The quantitative estimate of drug-likeness (QED) is 0.420. The highest BCUT2D eigenvalue weighted by molar-refractivity contribution is 7.83. The number of ether oxygens (including phenoxy) is 1. The molecule has 1 fully saturated rings. The van der Waals surface area contributed by atoms with Gasteiger partial charge < -0.3 is 19.7 Å². The summed E-state index contributed by atoms with van der Waals surface area (Å²) in [4.78, 5) is 9.12. The molecule has 11 heteroatoms. The van der Waals surface area contributed by atoms with Gasteiger partial charge >= 0.3 is 10.3 Å². The zero-order valence-electron chi connectivity index (χ0n) is 16.5. The lowest BCUT2D eigenvalue weighted by Crippen LogP contribution is -2.36. The largest absolute Gasteiger partial charge is 0.390 e. The van der Waals surface area contributed by atoms with Crippen molar-refractivity contribution in [1.29, 1.82) is 0 Å². The molecule has 2 aliphatic rings. The van der Waals surface area contributed by atoms with Crippen LogP contribution in [0.3, 0.4) is 0 Å². The maximum atomic E-state index is 10.9. The number of aryl methyl sites for hydroxylation is 1. The monoisotopic (exact) mass is 445 g/mol. The van der Waals surface area contributed by atoms with Crippen molar-refractivity contribution in [3.63, 3.8) is 0 Å². The molecule has 0 radical (unpaired) electrons.